The van der Waals surface area contributed by atoms with E-state index in [0.717, 1.165) is 11.9 Å². The van der Waals surface area contributed by atoms with Crippen LogP contribution in [0.5, 0.6) is 0 Å². The standard InChI is InChI=1S/C12H13ClFN3OS/c13-7-5-10-9(6-8(7)14)16-12(19)17(10)4-2-1-3-11(15)18/h5-6H,1-4H2,(H2,15,18)(H,16,19). The van der Waals surface area contributed by atoms with Crippen LogP contribution >= 0.6 is 23.8 Å². The molecule has 2 rings (SSSR count). The van der Waals surface area contributed by atoms with E-state index in [1.165, 1.54) is 6.07 Å². The van der Waals surface area contributed by atoms with Crippen LogP contribution in [0.3, 0.4) is 0 Å². The first kappa shape index (κ1) is 14.0. The van der Waals surface area contributed by atoms with E-state index in [0.29, 0.717) is 29.7 Å². The topological polar surface area (TPSA) is 63.8 Å². The minimum absolute atomic E-state index is 0.0624. The second-order valence-corrected chi connectivity index (χ2v) is 5.08. The lowest BCUT2D eigenvalue weighted by Crippen LogP contribution is -2.10. The predicted octanol–water partition coefficient (Wildman–Crippen LogP) is 3.15. The normalized spacial score (nSPS) is 11.1. The molecule has 0 aliphatic carbocycles. The fraction of sp³-hybridized carbons (Fsp3) is 0.333. The molecule has 0 aliphatic rings. The van der Waals surface area contributed by atoms with Gasteiger partial charge in [-0.15, -0.1) is 0 Å². The number of amides is 1. The summed E-state index contributed by atoms with van der Waals surface area (Å²) >= 11 is 11.0. The van der Waals surface area contributed by atoms with Gasteiger partial charge in [-0.05, 0) is 31.1 Å². The lowest BCUT2D eigenvalue weighted by molar-refractivity contribution is -0.118. The third-order valence-electron chi connectivity index (χ3n) is 2.87. The SMILES string of the molecule is NC(=O)CCCCn1c(=S)[nH]c2cc(F)c(Cl)cc21. The molecule has 19 heavy (non-hydrogen) atoms. The number of carbonyl (C=O) groups is 1. The first-order valence-corrected chi connectivity index (χ1v) is 6.63. The van der Waals surface area contributed by atoms with E-state index in [1.807, 2.05) is 4.57 Å². The number of aromatic nitrogens is 2. The number of halogens is 2. The second kappa shape index (κ2) is 5.71. The Kier molecular flexibility index (Phi) is 4.21. The molecule has 0 bridgehead atoms. The minimum Gasteiger partial charge on any atom is -0.370 e. The van der Waals surface area contributed by atoms with Gasteiger partial charge in [0, 0.05) is 19.0 Å². The van der Waals surface area contributed by atoms with Crippen LogP contribution in [0.1, 0.15) is 19.3 Å². The Morgan fingerprint density at radius 1 is 1.47 bits per heavy atom. The average molecular weight is 302 g/mol. The quantitative estimate of drug-likeness (QED) is 0.658. The molecule has 102 valence electrons. The van der Waals surface area contributed by atoms with E-state index in [2.05, 4.69) is 4.98 Å². The molecule has 1 heterocycles. The van der Waals surface area contributed by atoms with E-state index in [9.17, 15) is 9.18 Å². The molecular formula is C12H13ClFN3OS. The molecule has 0 saturated heterocycles. The maximum Gasteiger partial charge on any atom is 0.217 e. The fourth-order valence-electron chi connectivity index (χ4n) is 1.94. The average Bonchev–Trinajstić information content (AvgIpc) is 2.61. The summed E-state index contributed by atoms with van der Waals surface area (Å²) in [6, 6.07) is 2.87. The van der Waals surface area contributed by atoms with Crippen LogP contribution < -0.4 is 5.73 Å². The zero-order chi connectivity index (χ0) is 14.0. The summed E-state index contributed by atoms with van der Waals surface area (Å²) < 4.78 is 15.7. The van der Waals surface area contributed by atoms with Gasteiger partial charge in [0.05, 0.1) is 16.1 Å². The molecule has 0 radical (unpaired) electrons. The number of primary amides is 1. The largest absolute Gasteiger partial charge is 0.370 e. The highest BCUT2D eigenvalue weighted by Crippen LogP contribution is 2.23. The van der Waals surface area contributed by atoms with E-state index in [4.69, 9.17) is 29.6 Å². The Hall–Kier alpha value is -1.40. The van der Waals surface area contributed by atoms with Gasteiger partial charge >= 0.3 is 0 Å². The molecular weight excluding hydrogens is 289 g/mol. The monoisotopic (exact) mass is 301 g/mol. The number of hydrogen-bond donors (Lipinski definition) is 2. The third kappa shape index (κ3) is 3.13. The molecule has 0 fully saturated rings. The van der Waals surface area contributed by atoms with Crippen LogP contribution in [-0.4, -0.2) is 15.5 Å². The Bertz CT molecular complexity index is 679. The second-order valence-electron chi connectivity index (χ2n) is 4.29. The Labute approximate surface area is 119 Å². The lowest BCUT2D eigenvalue weighted by atomic mass is 10.2. The number of aryl methyl sites for hydroxylation is 1. The van der Waals surface area contributed by atoms with Crippen molar-refractivity contribution in [3.8, 4) is 0 Å². The van der Waals surface area contributed by atoms with Crippen molar-refractivity contribution in [2.75, 3.05) is 0 Å². The predicted molar refractivity (Wildman–Crippen MR) is 75.1 cm³/mol. The highest BCUT2D eigenvalue weighted by molar-refractivity contribution is 7.71. The number of aromatic amines is 1. The molecule has 0 aliphatic heterocycles. The van der Waals surface area contributed by atoms with Gasteiger partial charge in [-0.3, -0.25) is 4.79 Å². The molecule has 1 aromatic carbocycles. The van der Waals surface area contributed by atoms with Crippen molar-refractivity contribution in [1.29, 1.82) is 0 Å². The molecule has 1 amide bonds. The molecule has 0 spiro atoms. The number of nitrogens with two attached hydrogens (primary N) is 1. The van der Waals surface area contributed by atoms with Gasteiger partial charge in [0.2, 0.25) is 5.91 Å². The van der Waals surface area contributed by atoms with Crippen molar-refractivity contribution in [2.24, 2.45) is 5.73 Å². The van der Waals surface area contributed by atoms with Crippen molar-refractivity contribution < 1.29 is 9.18 Å². The zero-order valence-electron chi connectivity index (χ0n) is 10.1. The van der Waals surface area contributed by atoms with Crippen molar-refractivity contribution in [1.82, 2.24) is 9.55 Å². The summed E-state index contributed by atoms with van der Waals surface area (Å²) in [4.78, 5) is 13.6. The van der Waals surface area contributed by atoms with Gasteiger partial charge in [0.1, 0.15) is 5.82 Å². The van der Waals surface area contributed by atoms with Gasteiger partial charge in [0.15, 0.2) is 4.77 Å². The van der Waals surface area contributed by atoms with Crippen molar-refractivity contribution in [2.45, 2.75) is 25.8 Å². The van der Waals surface area contributed by atoms with E-state index in [-0.39, 0.29) is 10.9 Å². The number of carbonyl (C=O) groups excluding carboxylic acids is 1. The highest BCUT2D eigenvalue weighted by atomic mass is 35.5. The van der Waals surface area contributed by atoms with Crippen molar-refractivity contribution >= 4 is 40.8 Å². The van der Waals surface area contributed by atoms with E-state index >= 15 is 0 Å². The summed E-state index contributed by atoms with van der Waals surface area (Å²) in [5.41, 5.74) is 6.45. The van der Waals surface area contributed by atoms with Gasteiger partial charge in [-0.1, -0.05) is 11.6 Å². The summed E-state index contributed by atoms with van der Waals surface area (Å²) in [6.45, 7) is 0.633. The number of fused-ring (bicyclic) bond motifs is 1. The number of nitrogens with one attached hydrogen (secondary N) is 1. The molecule has 1 aromatic heterocycles. The number of unbranched alkanes of at least 4 members (excludes halogenated alkanes) is 1. The summed E-state index contributed by atoms with van der Waals surface area (Å²) in [5.74, 6) is -0.793. The molecule has 7 heteroatoms. The smallest absolute Gasteiger partial charge is 0.217 e. The molecule has 4 nitrogen and oxygen atoms in total. The number of imidazole rings is 1. The van der Waals surface area contributed by atoms with Gasteiger partial charge < -0.3 is 15.3 Å². The Morgan fingerprint density at radius 2 is 2.21 bits per heavy atom. The van der Waals surface area contributed by atoms with Crippen LogP contribution in [-0.2, 0) is 11.3 Å². The zero-order valence-corrected chi connectivity index (χ0v) is 11.7. The number of benzene rings is 1. The molecule has 2 aromatic rings. The lowest BCUT2D eigenvalue weighted by Gasteiger charge is -2.04. The van der Waals surface area contributed by atoms with E-state index < -0.39 is 5.82 Å². The van der Waals surface area contributed by atoms with Crippen molar-refractivity contribution in [3.05, 3.63) is 27.7 Å². The number of H-pyrrole nitrogens is 1. The molecule has 0 saturated carbocycles. The van der Waals surface area contributed by atoms with Crippen LogP contribution in [0.15, 0.2) is 12.1 Å². The van der Waals surface area contributed by atoms with Crippen molar-refractivity contribution in [3.63, 3.8) is 0 Å². The number of nitrogens with zero attached hydrogens (tertiary/aromatic N) is 1. The maximum atomic E-state index is 13.3. The fourth-order valence-corrected chi connectivity index (χ4v) is 2.40. The third-order valence-corrected chi connectivity index (χ3v) is 3.48. The highest BCUT2D eigenvalue weighted by Gasteiger charge is 2.09. The van der Waals surface area contributed by atoms with Gasteiger partial charge in [0.25, 0.3) is 0 Å². The molecule has 3 N–H and O–H groups in total. The van der Waals surface area contributed by atoms with Gasteiger partial charge in [-0.25, -0.2) is 4.39 Å². The van der Waals surface area contributed by atoms with Crippen LogP contribution in [0.25, 0.3) is 11.0 Å². The van der Waals surface area contributed by atoms with Crippen LogP contribution in [0, 0.1) is 10.6 Å². The summed E-state index contributed by atoms with van der Waals surface area (Å²) in [5, 5.41) is 0.0624. The Morgan fingerprint density at radius 3 is 2.89 bits per heavy atom. The minimum atomic E-state index is -0.480. The summed E-state index contributed by atoms with van der Waals surface area (Å²) in [6.07, 6.45) is 1.81. The van der Waals surface area contributed by atoms with Gasteiger partial charge in [-0.2, -0.15) is 0 Å². The number of hydrogen-bond acceptors (Lipinski definition) is 2. The van der Waals surface area contributed by atoms with Crippen LogP contribution in [0.2, 0.25) is 5.02 Å². The van der Waals surface area contributed by atoms with Crippen LogP contribution in [0.4, 0.5) is 4.39 Å². The molecule has 0 atom stereocenters. The maximum absolute atomic E-state index is 13.3. The first-order valence-electron chi connectivity index (χ1n) is 5.85. The number of rotatable bonds is 5. The Balaban J connectivity index is 2.23. The van der Waals surface area contributed by atoms with E-state index in [1.54, 1.807) is 6.07 Å². The summed E-state index contributed by atoms with van der Waals surface area (Å²) in [7, 11) is 0. The first-order chi connectivity index (χ1) is 8.99. The molecule has 0 unspecified atom stereocenters.